The van der Waals surface area contributed by atoms with E-state index in [4.69, 9.17) is 5.41 Å². The van der Waals surface area contributed by atoms with Gasteiger partial charge in [0, 0.05) is 50.1 Å². The number of carbonyl (C=O) groups excluding carboxylic acids is 1. The number of aromatic nitrogens is 1. The maximum atomic E-state index is 11.7. The average Bonchev–Trinajstić information content (AvgIpc) is 3.16. The summed E-state index contributed by atoms with van der Waals surface area (Å²) in [5.74, 6) is 0.357. The molecule has 3 rings (SSSR count). The number of nitrogens with one attached hydrogen (secondary N) is 3. The van der Waals surface area contributed by atoms with Crippen molar-refractivity contribution in [2.45, 2.75) is 13.3 Å². The highest BCUT2D eigenvalue weighted by molar-refractivity contribution is 7.13. The number of nitrogens with zero attached hydrogens (tertiary/aromatic N) is 2. The molecule has 3 N–H and O–H groups in total. The standard InChI is InChI=1S/C18H21N5OS/c1-12(24)23-8-7-16(20-2)15(10-23)18(19)22-14-5-3-13(4-6-14)17-9-21-11-25-17/h3-6,9,11,20H,7-8,10H2,1-2H3,(H2,19,22). The minimum atomic E-state index is 0.0364. The molecule has 1 aliphatic rings. The van der Waals surface area contributed by atoms with Gasteiger partial charge in [-0.1, -0.05) is 12.1 Å². The maximum absolute atomic E-state index is 11.7. The number of carbonyl (C=O) groups is 1. The molecule has 7 heteroatoms. The molecule has 0 unspecified atom stereocenters. The number of benzene rings is 1. The van der Waals surface area contributed by atoms with Gasteiger partial charge in [-0.15, -0.1) is 11.3 Å². The summed E-state index contributed by atoms with van der Waals surface area (Å²) in [6.45, 7) is 2.71. The summed E-state index contributed by atoms with van der Waals surface area (Å²) in [6, 6.07) is 7.93. The maximum Gasteiger partial charge on any atom is 0.219 e. The van der Waals surface area contributed by atoms with E-state index >= 15 is 0 Å². The lowest BCUT2D eigenvalue weighted by Gasteiger charge is -2.30. The van der Waals surface area contributed by atoms with Crippen LogP contribution in [-0.4, -0.2) is 41.8 Å². The Morgan fingerprint density at radius 3 is 2.68 bits per heavy atom. The summed E-state index contributed by atoms with van der Waals surface area (Å²) in [5.41, 5.74) is 5.61. The average molecular weight is 355 g/mol. The highest BCUT2D eigenvalue weighted by atomic mass is 32.1. The Bertz CT molecular complexity index is 795. The molecule has 0 fully saturated rings. The van der Waals surface area contributed by atoms with Gasteiger partial charge in [-0.25, -0.2) is 0 Å². The summed E-state index contributed by atoms with van der Waals surface area (Å²) in [5, 5.41) is 14.7. The molecule has 2 heterocycles. The first-order valence-corrected chi connectivity index (χ1v) is 8.96. The quantitative estimate of drug-likeness (QED) is 0.582. The molecule has 0 radical (unpaired) electrons. The second-order valence-corrected chi connectivity index (χ2v) is 6.73. The summed E-state index contributed by atoms with van der Waals surface area (Å²) in [6.07, 6.45) is 2.58. The lowest BCUT2D eigenvalue weighted by Crippen LogP contribution is -2.40. The fourth-order valence-electron chi connectivity index (χ4n) is 2.83. The Balaban J connectivity index is 1.74. The van der Waals surface area contributed by atoms with E-state index < -0.39 is 0 Å². The van der Waals surface area contributed by atoms with Crippen LogP contribution >= 0.6 is 11.3 Å². The van der Waals surface area contributed by atoms with Gasteiger partial charge in [0.25, 0.3) is 0 Å². The van der Waals surface area contributed by atoms with E-state index in [-0.39, 0.29) is 5.91 Å². The van der Waals surface area contributed by atoms with Crippen LogP contribution in [0.25, 0.3) is 10.4 Å². The molecule has 1 amide bonds. The minimum absolute atomic E-state index is 0.0364. The van der Waals surface area contributed by atoms with Crippen LogP contribution in [0.5, 0.6) is 0 Å². The molecule has 0 atom stereocenters. The summed E-state index contributed by atoms with van der Waals surface area (Å²) in [4.78, 5) is 18.6. The zero-order chi connectivity index (χ0) is 17.8. The van der Waals surface area contributed by atoms with Gasteiger partial charge in [0.2, 0.25) is 5.91 Å². The molecule has 0 saturated heterocycles. The Morgan fingerprint density at radius 1 is 1.32 bits per heavy atom. The lowest BCUT2D eigenvalue weighted by molar-refractivity contribution is -0.128. The Morgan fingerprint density at radius 2 is 2.08 bits per heavy atom. The number of amides is 1. The fraction of sp³-hybridized carbons (Fsp3) is 0.278. The second kappa shape index (κ2) is 7.48. The molecule has 1 aliphatic heterocycles. The number of amidine groups is 1. The van der Waals surface area contributed by atoms with Gasteiger partial charge in [0.1, 0.15) is 5.84 Å². The van der Waals surface area contributed by atoms with Crippen LogP contribution in [0.4, 0.5) is 5.69 Å². The topological polar surface area (TPSA) is 81.1 Å². The summed E-state index contributed by atoms with van der Waals surface area (Å²) < 4.78 is 0. The predicted octanol–water partition coefficient (Wildman–Crippen LogP) is 2.92. The van der Waals surface area contributed by atoms with Crippen LogP contribution in [0, 0.1) is 5.41 Å². The summed E-state index contributed by atoms with van der Waals surface area (Å²) in [7, 11) is 1.86. The van der Waals surface area contributed by atoms with E-state index in [1.165, 1.54) is 0 Å². The van der Waals surface area contributed by atoms with Crippen molar-refractivity contribution in [1.29, 1.82) is 5.41 Å². The van der Waals surface area contributed by atoms with Crippen LogP contribution in [0.3, 0.4) is 0 Å². The van der Waals surface area contributed by atoms with Crippen molar-refractivity contribution in [2.24, 2.45) is 0 Å². The zero-order valence-corrected chi connectivity index (χ0v) is 15.1. The minimum Gasteiger partial charge on any atom is -0.391 e. The van der Waals surface area contributed by atoms with Crippen molar-refractivity contribution in [3.05, 3.63) is 47.2 Å². The number of hydrogen-bond acceptors (Lipinski definition) is 5. The molecule has 1 aromatic carbocycles. The first-order valence-electron chi connectivity index (χ1n) is 8.08. The van der Waals surface area contributed by atoms with E-state index in [0.29, 0.717) is 18.9 Å². The van der Waals surface area contributed by atoms with Crippen LogP contribution in [-0.2, 0) is 4.79 Å². The molecule has 0 bridgehead atoms. The van der Waals surface area contributed by atoms with Crippen LogP contribution < -0.4 is 10.6 Å². The number of anilines is 1. The fourth-order valence-corrected chi connectivity index (χ4v) is 3.46. The molecule has 130 valence electrons. The summed E-state index contributed by atoms with van der Waals surface area (Å²) >= 11 is 1.60. The van der Waals surface area contributed by atoms with Crippen molar-refractivity contribution in [2.75, 3.05) is 25.5 Å². The Labute approximate surface area is 151 Å². The highest BCUT2D eigenvalue weighted by Crippen LogP contribution is 2.25. The molecule has 0 spiro atoms. The zero-order valence-electron chi connectivity index (χ0n) is 14.3. The number of hydrogen-bond donors (Lipinski definition) is 3. The lowest BCUT2D eigenvalue weighted by atomic mass is 10.0. The van der Waals surface area contributed by atoms with E-state index in [2.05, 4.69) is 15.6 Å². The van der Waals surface area contributed by atoms with Gasteiger partial charge in [0.15, 0.2) is 0 Å². The number of rotatable bonds is 4. The smallest absolute Gasteiger partial charge is 0.219 e. The van der Waals surface area contributed by atoms with Crippen molar-refractivity contribution in [3.63, 3.8) is 0 Å². The van der Waals surface area contributed by atoms with Gasteiger partial charge >= 0.3 is 0 Å². The first kappa shape index (κ1) is 17.2. The molecular weight excluding hydrogens is 334 g/mol. The largest absolute Gasteiger partial charge is 0.391 e. The highest BCUT2D eigenvalue weighted by Gasteiger charge is 2.23. The van der Waals surface area contributed by atoms with Gasteiger partial charge in [-0.05, 0) is 17.7 Å². The Kier molecular flexibility index (Phi) is 5.14. The molecule has 0 saturated carbocycles. The molecule has 0 aliphatic carbocycles. The molecule has 25 heavy (non-hydrogen) atoms. The van der Waals surface area contributed by atoms with E-state index in [9.17, 15) is 4.79 Å². The Hall–Kier alpha value is -2.67. The van der Waals surface area contributed by atoms with Gasteiger partial charge in [-0.2, -0.15) is 0 Å². The third kappa shape index (κ3) is 3.88. The molecular formula is C18H21N5OS. The van der Waals surface area contributed by atoms with Crippen molar-refractivity contribution < 1.29 is 4.79 Å². The van der Waals surface area contributed by atoms with Gasteiger partial charge in [0.05, 0.1) is 16.9 Å². The van der Waals surface area contributed by atoms with Crippen LogP contribution in [0.15, 0.2) is 47.2 Å². The van der Waals surface area contributed by atoms with E-state index in [1.807, 2.05) is 43.0 Å². The van der Waals surface area contributed by atoms with Crippen molar-refractivity contribution in [3.8, 4) is 10.4 Å². The SMILES string of the molecule is CNC1=C(C(=N)Nc2ccc(-c3cncs3)cc2)CN(C(C)=O)CC1. The third-order valence-electron chi connectivity index (χ3n) is 4.26. The van der Waals surface area contributed by atoms with E-state index in [0.717, 1.165) is 33.8 Å². The van der Waals surface area contributed by atoms with Crippen molar-refractivity contribution >= 4 is 28.8 Å². The molecule has 2 aromatic rings. The number of thiazole rings is 1. The van der Waals surface area contributed by atoms with E-state index in [1.54, 1.807) is 23.2 Å². The first-order chi connectivity index (χ1) is 12.1. The van der Waals surface area contributed by atoms with Gasteiger partial charge in [-0.3, -0.25) is 15.2 Å². The predicted molar refractivity (Wildman–Crippen MR) is 102 cm³/mol. The van der Waals surface area contributed by atoms with Gasteiger partial charge < -0.3 is 15.5 Å². The van der Waals surface area contributed by atoms with Crippen LogP contribution in [0.1, 0.15) is 13.3 Å². The van der Waals surface area contributed by atoms with Crippen LogP contribution in [0.2, 0.25) is 0 Å². The second-order valence-electron chi connectivity index (χ2n) is 5.84. The monoisotopic (exact) mass is 355 g/mol. The normalized spacial score (nSPS) is 14.4. The van der Waals surface area contributed by atoms with Crippen molar-refractivity contribution in [1.82, 2.24) is 15.2 Å². The third-order valence-corrected chi connectivity index (χ3v) is 5.09. The molecule has 1 aromatic heterocycles. The molecule has 6 nitrogen and oxygen atoms in total.